The number of piperidine rings is 2. The molecule has 0 bridgehead atoms. The molecule has 3 rings (SSSR count). The summed E-state index contributed by atoms with van der Waals surface area (Å²) in [5.41, 5.74) is 1.78. The molecule has 5 nitrogen and oxygen atoms in total. The molecular formula is C21H31N3O2. The van der Waals surface area contributed by atoms with Gasteiger partial charge in [-0.15, -0.1) is 0 Å². The molecular weight excluding hydrogens is 326 g/mol. The number of nitrogens with zero attached hydrogens (tertiary/aromatic N) is 2. The van der Waals surface area contributed by atoms with Gasteiger partial charge < -0.3 is 15.1 Å². The van der Waals surface area contributed by atoms with E-state index in [1.165, 1.54) is 6.42 Å². The molecule has 0 saturated carbocycles. The molecule has 0 spiro atoms. The SMILES string of the molecule is Cc1ccccc1C(=O)NC1CCN(CCC(=O)N2CCCCC2)CC1. The maximum Gasteiger partial charge on any atom is 0.251 e. The Bertz CT molecular complexity index is 617. The van der Waals surface area contributed by atoms with E-state index in [1.54, 1.807) is 0 Å². The molecule has 5 heteroatoms. The smallest absolute Gasteiger partial charge is 0.251 e. The van der Waals surface area contributed by atoms with Gasteiger partial charge in [-0.1, -0.05) is 18.2 Å². The molecule has 2 fully saturated rings. The molecule has 2 aliphatic heterocycles. The Morgan fingerprint density at radius 3 is 2.42 bits per heavy atom. The molecule has 0 aliphatic carbocycles. The minimum Gasteiger partial charge on any atom is -0.349 e. The number of aryl methyl sites for hydroxylation is 1. The van der Waals surface area contributed by atoms with E-state index in [0.29, 0.717) is 12.3 Å². The van der Waals surface area contributed by atoms with Gasteiger partial charge in [-0.05, 0) is 50.7 Å². The van der Waals surface area contributed by atoms with Gasteiger partial charge in [-0.3, -0.25) is 9.59 Å². The Morgan fingerprint density at radius 2 is 1.73 bits per heavy atom. The van der Waals surface area contributed by atoms with Crippen LogP contribution in [-0.2, 0) is 4.79 Å². The topological polar surface area (TPSA) is 52.7 Å². The monoisotopic (exact) mass is 357 g/mol. The van der Waals surface area contributed by atoms with Crippen LogP contribution in [0.15, 0.2) is 24.3 Å². The molecule has 2 amide bonds. The Kier molecular flexibility index (Phi) is 6.67. The van der Waals surface area contributed by atoms with Crippen molar-refractivity contribution in [3.63, 3.8) is 0 Å². The predicted octanol–water partition coefficient (Wildman–Crippen LogP) is 2.59. The fourth-order valence-electron chi connectivity index (χ4n) is 3.95. The van der Waals surface area contributed by atoms with E-state index in [-0.39, 0.29) is 11.9 Å². The highest BCUT2D eigenvalue weighted by atomic mass is 16.2. The molecule has 0 atom stereocenters. The van der Waals surface area contributed by atoms with Crippen LogP contribution in [0.3, 0.4) is 0 Å². The molecule has 1 aromatic rings. The lowest BCUT2D eigenvalue weighted by Crippen LogP contribution is -2.45. The van der Waals surface area contributed by atoms with Crippen LogP contribution < -0.4 is 5.32 Å². The third-order valence-electron chi connectivity index (χ3n) is 5.66. The average Bonchev–Trinajstić information content (AvgIpc) is 2.68. The van der Waals surface area contributed by atoms with Gasteiger partial charge in [0.2, 0.25) is 5.91 Å². The third-order valence-corrected chi connectivity index (χ3v) is 5.66. The van der Waals surface area contributed by atoms with Crippen molar-refractivity contribution in [1.82, 2.24) is 15.1 Å². The van der Waals surface area contributed by atoms with Gasteiger partial charge in [-0.2, -0.15) is 0 Å². The number of hydrogen-bond acceptors (Lipinski definition) is 3. The number of nitrogens with one attached hydrogen (secondary N) is 1. The molecule has 2 heterocycles. The Labute approximate surface area is 156 Å². The maximum absolute atomic E-state index is 12.4. The Balaban J connectivity index is 1.38. The van der Waals surface area contributed by atoms with Crippen molar-refractivity contribution in [2.45, 2.75) is 51.5 Å². The van der Waals surface area contributed by atoms with Crippen molar-refractivity contribution in [3.8, 4) is 0 Å². The van der Waals surface area contributed by atoms with Crippen LogP contribution in [0.25, 0.3) is 0 Å². The van der Waals surface area contributed by atoms with Crippen molar-refractivity contribution in [2.24, 2.45) is 0 Å². The number of amides is 2. The van der Waals surface area contributed by atoms with Crippen LogP contribution >= 0.6 is 0 Å². The lowest BCUT2D eigenvalue weighted by molar-refractivity contribution is -0.132. The number of likely N-dealkylation sites (tertiary alicyclic amines) is 2. The van der Waals surface area contributed by atoms with Crippen molar-refractivity contribution in [3.05, 3.63) is 35.4 Å². The Hall–Kier alpha value is -1.88. The molecule has 26 heavy (non-hydrogen) atoms. The number of carbonyl (C=O) groups is 2. The number of rotatable bonds is 5. The van der Waals surface area contributed by atoms with Gasteiger partial charge in [0, 0.05) is 50.7 Å². The maximum atomic E-state index is 12.4. The number of hydrogen-bond donors (Lipinski definition) is 1. The number of benzene rings is 1. The first-order chi connectivity index (χ1) is 12.6. The molecule has 1 aromatic carbocycles. The zero-order chi connectivity index (χ0) is 18.4. The lowest BCUT2D eigenvalue weighted by Gasteiger charge is -2.33. The summed E-state index contributed by atoms with van der Waals surface area (Å²) in [5.74, 6) is 0.335. The lowest BCUT2D eigenvalue weighted by atomic mass is 10.0. The summed E-state index contributed by atoms with van der Waals surface area (Å²) in [6.45, 7) is 6.58. The Morgan fingerprint density at radius 1 is 1.04 bits per heavy atom. The second-order valence-electron chi connectivity index (χ2n) is 7.60. The molecule has 0 radical (unpaired) electrons. The van der Waals surface area contributed by atoms with Crippen LogP contribution in [0.2, 0.25) is 0 Å². The van der Waals surface area contributed by atoms with Crippen molar-refractivity contribution in [1.29, 1.82) is 0 Å². The van der Waals surface area contributed by atoms with E-state index in [0.717, 1.165) is 69.5 Å². The minimum atomic E-state index is 0.0295. The zero-order valence-corrected chi connectivity index (χ0v) is 15.9. The van der Waals surface area contributed by atoms with E-state index in [9.17, 15) is 9.59 Å². The minimum absolute atomic E-state index is 0.0295. The van der Waals surface area contributed by atoms with E-state index in [4.69, 9.17) is 0 Å². The first-order valence-corrected chi connectivity index (χ1v) is 10.00. The highest BCUT2D eigenvalue weighted by Crippen LogP contribution is 2.14. The van der Waals surface area contributed by atoms with Crippen LogP contribution in [0, 0.1) is 6.92 Å². The summed E-state index contributed by atoms with van der Waals surface area (Å²) in [6.07, 6.45) is 6.09. The van der Waals surface area contributed by atoms with Gasteiger partial charge in [0.1, 0.15) is 0 Å². The second-order valence-corrected chi connectivity index (χ2v) is 7.60. The van der Waals surface area contributed by atoms with Crippen LogP contribution in [0.4, 0.5) is 0 Å². The predicted molar refractivity (Wildman–Crippen MR) is 103 cm³/mol. The van der Waals surface area contributed by atoms with E-state index in [1.807, 2.05) is 36.1 Å². The van der Waals surface area contributed by atoms with Crippen molar-refractivity contribution >= 4 is 11.8 Å². The van der Waals surface area contributed by atoms with E-state index in [2.05, 4.69) is 10.2 Å². The standard InChI is InChI=1S/C21H31N3O2/c1-17-7-3-4-8-19(17)21(26)22-18-9-14-23(15-10-18)16-11-20(25)24-12-5-2-6-13-24/h3-4,7-8,18H,2,5-6,9-16H2,1H3,(H,22,26). The normalized spacial score (nSPS) is 19.3. The first-order valence-electron chi connectivity index (χ1n) is 10.00. The van der Waals surface area contributed by atoms with Crippen molar-refractivity contribution in [2.75, 3.05) is 32.7 Å². The summed E-state index contributed by atoms with van der Waals surface area (Å²) in [4.78, 5) is 29.1. The summed E-state index contributed by atoms with van der Waals surface area (Å²) in [7, 11) is 0. The molecule has 2 saturated heterocycles. The molecule has 142 valence electrons. The third kappa shape index (κ3) is 5.07. The highest BCUT2D eigenvalue weighted by Gasteiger charge is 2.23. The van der Waals surface area contributed by atoms with E-state index < -0.39 is 0 Å². The summed E-state index contributed by atoms with van der Waals surface area (Å²) in [6, 6.07) is 7.94. The average molecular weight is 357 g/mol. The summed E-state index contributed by atoms with van der Waals surface area (Å²) >= 11 is 0. The summed E-state index contributed by atoms with van der Waals surface area (Å²) < 4.78 is 0. The van der Waals surface area contributed by atoms with E-state index >= 15 is 0 Å². The van der Waals surface area contributed by atoms with Gasteiger partial charge in [0.25, 0.3) is 5.91 Å². The summed E-state index contributed by atoms with van der Waals surface area (Å²) in [5, 5.41) is 3.17. The molecule has 0 aromatic heterocycles. The number of carbonyl (C=O) groups excluding carboxylic acids is 2. The second kappa shape index (κ2) is 9.17. The van der Waals surface area contributed by atoms with Gasteiger partial charge in [-0.25, -0.2) is 0 Å². The molecule has 2 aliphatic rings. The highest BCUT2D eigenvalue weighted by molar-refractivity contribution is 5.95. The van der Waals surface area contributed by atoms with Gasteiger partial charge in [0.15, 0.2) is 0 Å². The fourth-order valence-corrected chi connectivity index (χ4v) is 3.95. The molecule has 1 N–H and O–H groups in total. The van der Waals surface area contributed by atoms with Crippen molar-refractivity contribution < 1.29 is 9.59 Å². The van der Waals surface area contributed by atoms with Gasteiger partial charge in [0.05, 0.1) is 0 Å². The van der Waals surface area contributed by atoms with Crippen LogP contribution in [-0.4, -0.2) is 60.4 Å². The van der Waals surface area contributed by atoms with Crippen LogP contribution in [0.1, 0.15) is 54.4 Å². The van der Waals surface area contributed by atoms with Gasteiger partial charge >= 0.3 is 0 Å². The first kappa shape index (κ1) is 18.9. The zero-order valence-electron chi connectivity index (χ0n) is 15.9. The largest absolute Gasteiger partial charge is 0.349 e. The van der Waals surface area contributed by atoms with Crippen LogP contribution in [0.5, 0.6) is 0 Å². The molecule has 0 unspecified atom stereocenters. The quantitative estimate of drug-likeness (QED) is 0.881. The fraction of sp³-hybridized carbons (Fsp3) is 0.619.